The maximum Gasteiger partial charge on any atom is 0.134 e. The highest BCUT2D eigenvalue weighted by Crippen LogP contribution is 2.16. The minimum Gasteiger partial charge on any atom is -0.492 e. The lowest BCUT2D eigenvalue weighted by Crippen LogP contribution is -1.96. The summed E-state index contributed by atoms with van der Waals surface area (Å²) in [6.45, 7) is 2.79. The van der Waals surface area contributed by atoms with Gasteiger partial charge in [-0.1, -0.05) is 25.0 Å². The molecule has 0 radical (unpaired) electrons. The van der Waals surface area contributed by atoms with E-state index in [2.05, 4.69) is 12.8 Å². The molecule has 12 heavy (non-hydrogen) atoms. The van der Waals surface area contributed by atoms with E-state index in [4.69, 9.17) is 11.2 Å². The highest BCUT2D eigenvalue weighted by molar-refractivity contribution is 5.44. The molecule has 1 heteroatoms. The predicted octanol–water partition coefficient (Wildman–Crippen LogP) is 2.46. The van der Waals surface area contributed by atoms with E-state index in [1.807, 2.05) is 24.3 Å². The molecule has 0 N–H and O–H groups in total. The molecule has 0 atom stereocenters. The molecule has 0 aromatic heterocycles. The summed E-state index contributed by atoms with van der Waals surface area (Å²) in [6.07, 6.45) is 6.29. The number of para-hydroxylation sites is 1. The predicted molar refractivity (Wildman–Crippen MR) is 50.2 cm³/mol. The Morgan fingerprint density at radius 3 is 2.83 bits per heavy atom. The second-order valence-electron chi connectivity index (χ2n) is 2.49. The van der Waals surface area contributed by atoms with Gasteiger partial charge in [-0.25, -0.2) is 0 Å². The minimum atomic E-state index is 0.721. The van der Waals surface area contributed by atoms with Crippen molar-refractivity contribution in [2.24, 2.45) is 0 Å². The molecule has 1 aromatic rings. The third-order valence-corrected chi connectivity index (χ3v) is 1.50. The molecule has 0 unspecified atom stereocenters. The van der Waals surface area contributed by atoms with Crippen LogP contribution in [0.4, 0.5) is 0 Å². The van der Waals surface area contributed by atoms with Gasteiger partial charge in [0.2, 0.25) is 0 Å². The standard InChI is InChI=1S/C11H12O/c1-3-9-12-11-8-6-5-7-10(11)4-2/h2,5-8H,3,9H2,1H3. The molecule has 0 aliphatic heterocycles. The Balaban J connectivity index is 2.77. The first-order chi connectivity index (χ1) is 5.88. The largest absolute Gasteiger partial charge is 0.492 e. The number of rotatable bonds is 3. The van der Waals surface area contributed by atoms with Crippen LogP contribution in [-0.2, 0) is 0 Å². The van der Waals surface area contributed by atoms with Crippen LogP contribution in [0.5, 0.6) is 5.75 Å². The van der Waals surface area contributed by atoms with E-state index in [1.165, 1.54) is 0 Å². The van der Waals surface area contributed by atoms with Crippen LogP contribution in [0.15, 0.2) is 24.3 Å². The summed E-state index contributed by atoms with van der Waals surface area (Å²) >= 11 is 0. The monoisotopic (exact) mass is 160 g/mol. The summed E-state index contributed by atoms with van der Waals surface area (Å²) < 4.78 is 5.43. The van der Waals surface area contributed by atoms with Crippen molar-refractivity contribution in [3.8, 4) is 18.1 Å². The van der Waals surface area contributed by atoms with E-state index < -0.39 is 0 Å². The number of terminal acetylenes is 1. The van der Waals surface area contributed by atoms with Crippen molar-refractivity contribution in [2.45, 2.75) is 13.3 Å². The van der Waals surface area contributed by atoms with Crippen molar-refractivity contribution in [1.29, 1.82) is 0 Å². The molecular formula is C11H12O. The maximum absolute atomic E-state index is 5.43. The normalized spacial score (nSPS) is 9.00. The third kappa shape index (κ3) is 2.03. The first-order valence-corrected chi connectivity index (χ1v) is 4.07. The van der Waals surface area contributed by atoms with Gasteiger partial charge in [0, 0.05) is 0 Å². The first kappa shape index (κ1) is 8.67. The lowest BCUT2D eigenvalue weighted by molar-refractivity contribution is 0.316. The molecule has 0 bridgehead atoms. The summed E-state index contributed by atoms with van der Waals surface area (Å²) in [4.78, 5) is 0. The maximum atomic E-state index is 5.43. The number of hydrogen-bond donors (Lipinski definition) is 0. The zero-order valence-electron chi connectivity index (χ0n) is 7.21. The van der Waals surface area contributed by atoms with E-state index in [0.29, 0.717) is 0 Å². The van der Waals surface area contributed by atoms with Gasteiger partial charge in [0.15, 0.2) is 0 Å². The topological polar surface area (TPSA) is 9.23 Å². The van der Waals surface area contributed by atoms with Crippen molar-refractivity contribution < 1.29 is 4.74 Å². The van der Waals surface area contributed by atoms with Crippen molar-refractivity contribution in [3.63, 3.8) is 0 Å². The number of ether oxygens (including phenoxy) is 1. The number of benzene rings is 1. The lowest BCUT2D eigenvalue weighted by atomic mass is 10.2. The molecule has 1 rings (SSSR count). The summed E-state index contributed by atoms with van der Waals surface area (Å²) in [5, 5.41) is 0. The smallest absolute Gasteiger partial charge is 0.134 e. The third-order valence-electron chi connectivity index (χ3n) is 1.50. The van der Waals surface area contributed by atoms with Gasteiger partial charge in [0.1, 0.15) is 5.75 Å². The van der Waals surface area contributed by atoms with Crippen LogP contribution < -0.4 is 4.74 Å². The summed E-state index contributed by atoms with van der Waals surface area (Å²) in [6, 6.07) is 7.61. The molecule has 0 aliphatic rings. The van der Waals surface area contributed by atoms with Crippen LogP contribution in [0, 0.1) is 12.3 Å². The summed E-state index contributed by atoms with van der Waals surface area (Å²) in [5.74, 6) is 3.39. The van der Waals surface area contributed by atoms with Crippen LogP contribution >= 0.6 is 0 Å². The second kappa shape index (κ2) is 4.46. The van der Waals surface area contributed by atoms with Crippen LogP contribution in [0.25, 0.3) is 0 Å². The Labute approximate surface area is 73.4 Å². The van der Waals surface area contributed by atoms with Gasteiger partial charge in [-0.15, -0.1) is 6.42 Å². The van der Waals surface area contributed by atoms with Crippen molar-refractivity contribution in [2.75, 3.05) is 6.61 Å². The van der Waals surface area contributed by atoms with Gasteiger partial charge < -0.3 is 4.74 Å². The average Bonchev–Trinajstić information content (AvgIpc) is 2.15. The number of hydrogen-bond acceptors (Lipinski definition) is 1. The highest BCUT2D eigenvalue weighted by atomic mass is 16.5. The van der Waals surface area contributed by atoms with Gasteiger partial charge in [-0.3, -0.25) is 0 Å². The highest BCUT2D eigenvalue weighted by Gasteiger charge is 1.97. The van der Waals surface area contributed by atoms with Crippen molar-refractivity contribution in [1.82, 2.24) is 0 Å². The molecule has 0 amide bonds. The first-order valence-electron chi connectivity index (χ1n) is 4.07. The fourth-order valence-electron chi connectivity index (χ4n) is 0.924. The lowest BCUT2D eigenvalue weighted by Gasteiger charge is -2.05. The molecule has 0 heterocycles. The molecule has 0 fully saturated rings. The molecule has 0 saturated carbocycles. The Morgan fingerprint density at radius 1 is 1.42 bits per heavy atom. The SMILES string of the molecule is C#Cc1ccccc1OCCC. The fraction of sp³-hybridized carbons (Fsp3) is 0.273. The van der Waals surface area contributed by atoms with Crippen LogP contribution in [0.2, 0.25) is 0 Å². The van der Waals surface area contributed by atoms with E-state index >= 15 is 0 Å². The molecule has 0 saturated heterocycles. The zero-order chi connectivity index (χ0) is 8.81. The van der Waals surface area contributed by atoms with Gasteiger partial charge in [-0.05, 0) is 18.6 Å². The van der Waals surface area contributed by atoms with E-state index in [1.54, 1.807) is 0 Å². The summed E-state index contributed by atoms with van der Waals surface area (Å²) in [5.41, 5.74) is 0.825. The Hall–Kier alpha value is -1.42. The molecule has 0 spiro atoms. The van der Waals surface area contributed by atoms with Gasteiger partial charge in [0.25, 0.3) is 0 Å². The Kier molecular flexibility index (Phi) is 3.22. The Bertz CT molecular complexity index is 283. The van der Waals surface area contributed by atoms with Gasteiger partial charge in [0.05, 0.1) is 12.2 Å². The summed E-state index contributed by atoms with van der Waals surface area (Å²) in [7, 11) is 0. The molecule has 0 aliphatic carbocycles. The van der Waals surface area contributed by atoms with E-state index in [9.17, 15) is 0 Å². The van der Waals surface area contributed by atoms with E-state index in [0.717, 1.165) is 24.3 Å². The van der Waals surface area contributed by atoms with Crippen molar-refractivity contribution >= 4 is 0 Å². The fourth-order valence-corrected chi connectivity index (χ4v) is 0.924. The molecular weight excluding hydrogens is 148 g/mol. The van der Waals surface area contributed by atoms with Gasteiger partial charge in [-0.2, -0.15) is 0 Å². The molecule has 62 valence electrons. The van der Waals surface area contributed by atoms with Crippen LogP contribution in [0.1, 0.15) is 18.9 Å². The quantitative estimate of drug-likeness (QED) is 0.617. The Morgan fingerprint density at radius 2 is 2.17 bits per heavy atom. The average molecular weight is 160 g/mol. The van der Waals surface area contributed by atoms with Crippen LogP contribution in [0.3, 0.4) is 0 Å². The van der Waals surface area contributed by atoms with E-state index in [-0.39, 0.29) is 0 Å². The minimum absolute atomic E-state index is 0.721. The van der Waals surface area contributed by atoms with Crippen molar-refractivity contribution in [3.05, 3.63) is 29.8 Å². The zero-order valence-corrected chi connectivity index (χ0v) is 7.21. The molecule has 1 nitrogen and oxygen atoms in total. The van der Waals surface area contributed by atoms with Crippen LogP contribution in [-0.4, -0.2) is 6.61 Å². The van der Waals surface area contributed by atoms with Gasteiger partial charge >= 0.3 is 0 Å². The second-order valence-corrected chi connectivity index (χ2v) is 2.49. The molecule has 1 aromatic carbocycles.